The number of hydrogen-bond donors (Lipinski definition) is 4. The number of carbonyl (C=O) groups excluding carboxylic acids is 3. The third-order valence-corrected chi connectivity index (χ3v) is 19.9. The highest BCUT2D eigenvalue weighted by atomic mass is 16.6. The molecule has 6 heterocycles. The van der Waals surface area contributed by atoms with Crippen molar-refractivity contribution in [2.75, 3.05) is 32.2 Å². The van der Waals surface area contributed by atoms with E-state index in [1.54, 1.807) is 6.08 Å². The molecule has 1 aromatic carbocycles. The molecule has 5 saturated carbocycles. The molecular formula is C46H61N2O10+. The van der Waals surface area contributed by atoms with Crippen LogP contribution in [0.1, 0.15) is 96.5 Å². The van der Waals surface area contributed by atoms with Gasteiger partial charge in [0.2, 0.25) is 0 Å². The van der Waals surface area contributed by atoms with Gasteiger partial charge in [0.05, 0.1) is 47.3 Å². The van der Waals surface area contributed by atoms with Gasteiger partial charge in [0, 0.05) is 55.3 Å². The number of fused-ring (bicyclic) bond motifs is 7. The Kier molecular flexibility index (Phi) is 7.90. The molecule has 5 bridgehead atoms. The van der Waals surface area contributed by atoms with Crippen LogP contribution in [-0.4, -0.2) is 118 Å². The number of esters is 3. The van der Waals surface area contributed by atoms with Crippen molar-refractivity contribution in [3.05, 3.63) is 41.5 Å². The van der Waals surface area contributed by atoms with Gasteiger partial charge >= 0.3 is 17.9 Å². The summed E-state index contributed by atoms with van der Waals surface area (Å²) in [6.07, 6.45) is 6.02. The predicted molar refractivity (Wildman–Crippen MR) is 208 cm³/mol. The highest BCUT2D eigenvalue weighted by Crippen LogP contribution is 2.73. The van der Waals surface area contributed by atoms with Crippen molar-refractivity contribution in [1.29, 1.82) is 0 Å². The molecule has 12 nitrogen and oxygen atoms in total. The Balaban J connectivity index is 0.871. The van der Waals surface area contributed by atoms with Crippen LogP contribution in [0.25, 0.3) is 0 Å². The monoisotopic (exact) mass is 801 g/mol. The molecule has 4 N–H and O–H groups in total. The van der Waals surface area contributed by atoms with Crippen LogP contribution in [0, 0.1) is 46.3 Å². The summed E-state index contributed by atoms with van der Waals surface area (Å²) in [5.74, 6) is -1.64. The van der Waals surface area contributed by atoms with Crippen LogP contribution in [0.3, 0.4) is 0 Å². The zero-order valence-electron chi connectivity index (χ0n) is 34.3. The van der Waals surface area contributed by atoms with Gasteiger partial charge in [0.25, 0.3) is 0 Å². The second kappa shape index (κ2) is 12.1. The molecule has 5 aliphatic carbocycles. The smallest absolute Gasteiger partial charge is 0.362 e. The van der Waals surface area contributed by atoms with Crippen molar-refractivity contribution in [1.82, 2.24) is 0 Å². The van der Waals surface area contributed by atoms with Gasteiger partial charge in [-0.3, -0.25) is 9.28 Å². The fourth-order valence-electron chi connectivity index (χ4n) is 17.9. The van der Waals surface area contributed by atoms with Crippen LogP contribution < -0.4 is 4.90 Å². The zero-order valence-corrected chi connectivity index (χ0v) is 34.3. The molecule has 18 atom stereocenters. The lowest BCUT2D eigenvalue weighted by atomic mass is 9.41. The topological polar surface area (TPSA) is 163 Å². The number of quaternary nitrogens is 1. The Morgan fingerprint density at radius 1 is 1.00 bits per heavy atom. The van der Waals surface area contributed by atoms with E-state index in [1.165, 1.54) is 12.7 Å². The van der Waals surface area contributed by atoms with Gasteiger partial charge in [-0.15, -0.1) is 0 Å². The van der Waals surface area contributed by atoms with Crippen molar-refractivity contribution < 1.29 is 53.5 Å². The quantitative estimate of drug-likeness (QED) is 0.189. The van der Waals surface area contributed by atoms with E-state index in [2.05, 4.69) is 44.0 Å². The van der Waals surface area contributed by atoms with Gasteiger partial charge in [-0.1, -0.05) is 32.0 Å². The fourth-order valence-corrected chi connectivity index (χ4v) is 17.9. The Morgan fingerprint density at radius 2 is 1.78 bits per heavy atom. The van der Waals surface area contributed by atoms with E-state index < -0.39 is 57.8 Å². The number of nitrogens with zero attached hydrogens (tertiary/aromatic N) is 2. The molecule has 4 saturated heterocycles. The van der Waals surface area contributed by atoms with Crippen LogP contribution in [0.5, 0.6) is 0 Å². The third kappa shape index (κ3) is 4.14. The summed E-state index contributed by atoms with van der Waals surface area (Å²) in [6, 6.07) is 8.21. The number of carbonyl (C=O) groups is 3. The van der Waals surface area contributed by atoms with Gasteiger partial charge in [-0.25, -0.2) is 9.59 Å². The van der Waals surface area contributed by atoms with Gasteiger partial charge in [0.15, 0.2) is 12.8 Å². The number of likely N-dealkylation sites (N-methyl/N-ethyl adjacent to an activating group) is 1. The maximum Gasteiger partial charge on any atom is 0.362 e. The number of ether oxygens (including phenoxy) is 3. The summed E-state index contributed by atoms with van der Waals surface area (Å²) in [7, 11) is 3.48. The highest BCUT2D eigenvalue weighted by Gasteiger charge is 2.83. The van der Waals surface area contributed by atoms with Gasteiger partial charge < -0.3 is 39.5 Å². The van der Waals surface area contributed by atoms with E-state index in [0.717, 1.165) is 30.5 Å². The lowest BCUT2D eigenvalue weighted by Crippen LogP contribution is -2.83. The normalized spacial score (nSPS) is 52.6. The van der Waals surface area contributed by atoms with Crippen molar-refractivity contribution in [3.8, 4) is 0 Å². The third-order valence-electron chi connectivity index (χ3n) is 19.9. The van der Waals surface area contributed by atoms with Crippen LogP contribution in [0.15, 0.2) is 35.9 Å². The van der Waals surface area contributed by atoms with Gasteiger partial charge in [-0.05, 0) is 98.7 Å². The molecular weight excluding hydrogens is 741 g/mol. The summed E-state index contributed by atoms with van der Waals surface area (Å²) in [6.45, 7) is 4.49. The van der Waals surface area contributed by atoms with Gasteiger partial charge in [0.1, 0.15) is 18.8 Å². The Labute approximate surface area is 340 Å². The van der Waals surface area contributed by atoms with Crippen molar-refractivity contribution >= 4 is 23.6 Å². The van der Waals surface area contributed by atoms with Crippen LogP contribution in [-0.2, 0) is 34.0 Å². The number of hydrogen-bond acceptors (Lipinski definition) is 11. The zero-order chi connectivity index (χ0) is 40.5. The number of aliphatic hydroxyl groups is 4. The number of para-hydroxylation sites is 1. The van der Waals surface area contributed by atoms with E-state index in [-0.39, 0.29) is 96.5 Å². The largest absolute Gasteiger partial charge is 0.468 e. The van der Waals surface area contributed by atoms with Crippen molar-refractivity contribution in [2.24, 2.45) is 46.3 Å². The maximum atomic E-state index is 14.6. The molecule has 58 heavy (non-hydrogen) atoms. The molecule has 0 unspecified atom stereocenters. The second-order valence-corrected chi connectivity index (χ2v) is 20.9. The lowest BCUT2D eigenvalue weighted by molar-refractivity contribution is -1.03. The summed E-state index contributed by atoms with van der Waals surface area (Å²) in [5.41, 5.74) is -1.55. The minimum atomic E-state index is -1.50. The van der Waals surface area contributed by atoms with Crippen LogP contribution in [0.4, 0.5) is 5.69 Å². The predicted octanol–water partition coefficient (Wildman–Crippen LogP) is 3.51. The minimum absolute atomic E-state index is 0.00132. The lowest BCUT2D eigenvalue weighted by Gasteiger charge is -2.67. The maximum absolute atomic E-state index is 14.6. The number of piperidine rings is 4. The molecule has 11 aliphatic rings. The Morgan fingerprint density at radius 3 is 2.52 bits per heavy atom. The molecule has 0 aromatic heterocycles. The van der Waals surface area contributed by atoms with Crippen LogP contribution >= 0.6 is 0 Å². The molecule has 6 aliphatic heterocycles. The SMILES string of the molecule is CC[C@H]1[C@@H]2C[C@H]3[C@@H]4N(C)c5ccccc5[C@]45C[C@@H]([C@H]2[C@H]5O)[N@@+]3(CC(=O)O[C@H]2CC[C@]3(C(=O)OC)[C@H]4CC[C@]5(C)[C@@H](C6=CC(=O)OC6)CC[C@]5(O)[C@@H]4CC[C@]3(O)C2)[C@@H]1O. The molecule has 0 radical (unpaired) electrons. The molecule has 9 fully saturated rings. The highest BCUT2D eigenvalue weighted by molar-refractivity contribution is 5.85. The van der Waals surface area contributed by atoms with E-state index in [0.29, 0.717) is 38.5 Å². The minimum Gasteiger partial charge on any atom is -0.468 e. The number of aliphatic hydroxyl groups excluding tert-OH is 2. The first-order chi connectivity index (χ1) is 27.7. The molecule has 314 valence electrons. The Bertz CT molecular complexity index is 2010. The van der Waals surface area contributed by atoms with E-state index in [4.69, 9.17) is 14.2 Å². The first kappa shape index (κ1) is 37.9. The van der Waals surface area contributed by atoms with E-state index >= 15 is 0 Å². The summed E-state index contributed by atoms with van der Waals surface area (Å²) in [4.78, 5) is 43.2. The summed E-state index contributed by atoms with van der Waals surface area (Å²) >= 11 is 0. The standard InChI is InChI=1S/C46H61N2O10/c1-5-26-27-19-33-38-44(31-8-6-7-9-32(31)47(38)3)21-34(37(27)39(44)51)48(33,40(26)52)22-36(50)58-25-10-16-45(41(53)56-4)29-11-14-42(2)28(24-18-35(49)57-23-24)13-17-46(42,55)30(29)12-15-43(45,54)20-25/h6-9,18,25-30,33-34,37-40,51-52,54-55H,5,10-17,19-23H2,1-4H3/q+1/t25-,26-,27-,28+,29-,30+,33-,34-,37-,38-,39+,40+,42+,43-,44+,45+,46-,48-/m0/s1. The van der Waals surface area contributed by atoms with E-state index in [1.807, 2.05) is 6.07 Å². The number of benzene rings is 1. The number of cyclic esters (lactones) is 1. The number of methoxy groups -OCH3 is 1. The number of rotatable bonds is 6. The second-order valence-electron chi connectivity index (χ2n) is 20.9. The Hall–Kier alpha value is -3.03. The average molecular weight is 802 g/mol. The van der Waals surface area contributed by atoms with E-state index in [9.17, 15) is 34.8 Å². The fraction of sp³-hybridized carbons (Fsp3) is 0.761. The van der Waals surface area contributed by atoms with Crippen molar-refractivity contribution in [2.45, 2.75) is 144 Å². The molecule has 1 spiro atoms. The van der Waals surface area contributed by atoms with Crippen LogP contribution in [0.2, 0.25) is 0 Å². The molecule has 12 heteroatoms. The van der Waals surface area contributed by atoms with Crippen molar-refractivity contribution in [3.63, 3.8) is 0 Å². The number of anilines is 1. The molecule has 0 amide bonds. The molecule has 1 aromatic rings. The first-order valence-electron chi connectivity index (χ1n) is 22.3. The van der Waals surface area contributed by atoms with Gasteiger partial charge in [-0.2, -0.15) is 0 Å². The summed E-state index contributed by atoms with van der Waals surface area (Å²) in [5, 5.41) is 50.6. The molecule has 12 rings (SSSR count). The summed E-state index contributed by atoms with van der Waals surface area (Å²) < 4.78 is 17.5. The average Bonchev–Trinajstić information content (AvgIpc) is 3.89. The first-order valence-corrected chi connectivity index (χ1v) is 22.3.